The summed E-state index contributed by atoms with van der Waals surface area (Å²) in [6.07, 6.45) is 7.32. The van der Waals surface area contributed by atoms with Crippen molar-refractivity contribution in [1.82, 2.24) is 9.55 Å². The molecule has 1 heterocycles. The van der Waals surface area contributed by atoms with Crippen LogP contribution in [0.15, 0.2) is 24.3 Å². The lowest BCUT2D eigenvalue weighted by Crippen LogP contribution is -2.02. The normalized spacial score (nSPS) is 11.3. The van der Waals surface area contributed by atoms with E-state index >= 15 is 0 Å². The molecule has 0 aliphatic heterocycles. The van der Waals surface area contributed by atoms with E-state index in [0.29, 0.717) is 5.88 Å². The Balaban J connectivity index is 1.95. The third-order valence-electron chi connectivity index (χ3n) is 3.33. The Morgan fingerprint density at radius 1 is 1.16 bits per heavy atom. The van der Waals surface area contributed by atoms with Gasteiger partial charge in [-0.2, -0.15) is 11.8 Å². The standard InChI is InChI=1S/C15H21ClN2S/c1-19-11-7-3-2-6-10-18-14-9-5-4-8-13(14)17-15(18)12-16/h4-5,8-9H,2-3,6-7,10-12H2,1H3. The van der Waals surface area contributed by atoms with E-state index in [2.05, 4.69) is 34.0 Å². The van der Waals surface area contributed by atoms with Crippen LogP contribution >= 0.6 is 23.4 Å². The molecule has 0 saturated carbocycles. The fourth-order valence-electron chi connectivity index (χ4n) is 2.35. The minimum Gasteiger partial charge on any atom is -0.327 e. The highest BCUT2D eigenvalue weighted by Gasteiger charge is 2.08. The first-order valence-corrected chi connectivity index (χ1v) is 8.78. The highest BCUT2D eigenvalue weighted by molar-refractivity contribution is 7.98. The molecule has 0 aliphatic rings. The summed E-state index contributed by atoms with van der Waals surface area (Å²) in [6.45, 7) is 1.03. The van der Waals surface area contributed by atoms with Crippen molar-refractivity contribution in [2.45, 2.75) is 38.1 Å². The fraction of sp³-hybridized carbons (Fsp3) is 0.533. The van der Waals surface area contributed by atoms with Crippen LogP contribution in [0, 0.1) is 0 Å². The van der Waals surface area contributed by atoms with Crippen LogP contribution in [0.25, 0.3) is 11.0 Å². The second-order valence-electron chi connectivity index (χ2n) is 4.71. The van der Waals surface area contributed by atoms with Crippen molar-refractivity contribution in [3.8, 4) is 0 Å². The van der Waals surface area contributed by atoms with Gasteiger partial charge in [-0.3, -0.25) is 0 Å². The summed E-state index contributed by atoms with van der Waals surface area (Å²) in [4.78, 5) is 4.59. The molecule has 0 fully saturated rings. The molecule has 2 nitrogen and oxygen atoms in total. The summed E-state index contributed by atoms with van der Waals surface area (Å²) < 4.78 is 2.27. The van der Waals surface area contributed by atoms with Gasteiger partial charge in [-0.15, -0.1) is 11.6 Å². The van der Waals surface area contributed by atoms with Gasteiger partial charge < -0.3 is 4.57 Å². The molecule has 4 heteroatoms. The summed E-state index contributed by atoms with van der Waals surface area (Å²) in [5.41, 5.74) is 2.27. The van der Waals surface area contributed by atoms with Crippen molar-refractivity contribution < 1.29 is 0 Å². The van der Waals surface area contributed by atoms with Crippen molar-refractivity contribution in [3.63, 3.8) is 0 Å². The molecular formula is C15H21ClN2S. The number of imidazole rings is 1. The number of hydrogen-bond acceptors (Lipinski definition) is 2. The Morgan fingerprint density at radius 3 is 2.74 bits per heavy atom. The number of halogens is 1. The van der Waals surface area contributed by atoms with E-state index in [9.17, 15) is 0 Å². The van der Waals surface area contributed by atoms with Crippen LogP contribution in [0.2, 0.25) is 0 Å². The van der Waals surface area contributed by atoms with E-state index in [4.69, 9.17) is 11.6 Å². The van der Waals surface area contributed by atoms with Crippen LogP contribution < -0.4 is 0 Å². The minimum atomic E-state index is 0.487. The third-order valence-corrected chi connectivity index (χ3v) is 4.27. The Morgan fingerprint density at radius 2 is 1.95 bits per heavy atom. The number of para-hydroxylation sites is 2. The van der Waals surface area contributed by atoms with Gasteiger partial charge in [-0.25, -0.2) is 4.98 Å². The number of benzene rings is 1. The second kappa shape index (κ2) is 7.81. The first-order valence-electron chi connectivity index (χ1n) is 6.86. The van der Waals surface area contributed by atoms with Crippen molar-refractivity contribution in [2.24, 2.45) is 0 Å². The van der Waals surface area contributed by atoms with Crippen LogP contribution in [0.1, 0.15) is 31.5 Å². The molecule has 1 aromatic heterocycles. The predicted octanol–water partition coefficient (Wildman–Crippen LogP) is 4.70. The van der Waals surface area contributed by atoms with E-state index in [1.807, 2.05) is 17.8 Å². The lowest BCUT2D eigenvalue weighted by atomic mass is 10.2. The van der Waals surface area contributed by atoms with Crippen molar-refractivity contribution in [2.75, 3.05) is 12.0 Å². The SMILES string of the molecule is CSCCCCCCn1c(CCl)nc2ccccc21. The number of rotatable bonds is 8. The molecule has 19 heavy (non-hydrogen) atoms. The Labute approximate surface area is 124 Å². The lowest BCUT2D eigenvalue weighted by Gasteiger charge is -2.07. The average molecular weight is 297 g/mol. The number of aromatic nitrogens is 2. The van der Waals surface area contributed by atoms with Crippen molar-refractivity contribution in [1.29, 1.82) is 0 Å². The van der Waals surface area contributed by atoms with Crippen LogP contribution in [0.4, 0.5) is 0 Å². The lowest BCUT2D eigenvalue weighted by molar-refractivity contribution is 0.582. The van der Waals surface area contributed by atoms with E-state index in [0.717, 1.165) is 17.9 Å². The number of thioether (sulfide) groups is 1. The highest BCUT2D eigenvalue weighted by Crippen LogP contribution is 2.18. The molecule has 0 amide bonds. The quantitative estimate of drug-likeness (QED) is 0.519. The van der Waals surface area contributed by atoms with Crippen molar-refractivity contribution in [3.05, 3.63) is 30.1 Å². The molecule has 0 saturated heterocycles. The minimum absolute atomic E-state index is 0.487. The molecule has 0 unspecified atom stereocenters. The summed E-state index contributed by atoms with van der Waals surface area (Å²) in [7, 11) is 0. The Hall–Kier alpha value is -0.670. The zero-order valence-corrected chi connectivity index (χ0v) is 13.0. The van der Waals surface area contributed by atoms with Crippen LogP contribution in [-0.4, -0.2) is 21.6 Å². The van der Waals surface area contributed by atoms with Gasteiger partial charge in [0.05, 0.1) is 16.9 Å². The Bertz CT molecular complexity index is 510. The molecular weight excluding hydrogens is 276 g/mol. The monoisotopic (exact) mass is 296 g/mol. The topological polar surface area (TPSA) is 17.8 Å². The number of fused-ring (bicyclic) bond motifs is 1. The molecule has 104 valence electrons. The predicted molar refractivity (Wildman–Crippen MR) is 86.1 cm³/mol. The maximum absolute atomic E-state index is 6.00. The van der Waals surface area contributed by atoms with Crippen LogP contribution in [-0.2, 0) is 12.4 Å². The molecule has 1 aromatic carbocycles. The number of nitrogens with zero attached hydrogens (tertiary/aromatic N) is 2. The molecule has 0 spiro atoms. The first kappa shape index (κ1) is 14.7. The van der Waals surface area contributed by atoms with Gasteiger partial charge in [0.25, 0.3) is 0 Å². The van der Waals surface area contributed by atoms with Gasteiger partial charge in [-0.05, 0) is 37.0 Å². The van der Waals surface area contributed by atoms with Gasteiger partial charge in [0, 0.05) is 6.54 Å². The summed E-state index contributed by atoms with van der Waals surface area (Å²) in [6, 6.07) is 8.28. The maximum atomic E-state index is 6.00. The second-order valence-corrected chi connectivity index (χ2v) is 5.96. The molecule has 0 radical (unpaired) electrons. The zero-order chi connectivity index (χ0) is 13.5. The van der Waals surface area contributed by atoms with Crippen LogP contribution in [0.5, 0.6) is 0 Å². The molecule has 0 bridgehead atoms. The molecule has 0 N–H and O–H groups in total. The largest absolute Gasteiger partial charge is 0.327 e. The van der Waals surface area contributed by atoms with E-state index < -0.39 is 0 Å². The van der Waals surface area contributed by atoms with E-state index in [1.54, 1.807) is 0 Å². The molecule has 2 aromatic rings. The summed E-state index contributed by atoms with van der Waals surface area (Å²) >= 11 is 7.93. The van der Waals surface area contributed by atoms with Crippen molar-refractivity contribution >= 4 is 34.4 Å². The van der Waals surface area contributed by atoms with Gasteiger partial charge in [-0.1, -0.05) is 25.0 Å². The summed E-state index contributed by atoms with van der Waals surface area (Å²) in [5.74, 6) is 2.76. The van der Waals surface area contributed by atoms with Gasteiger partial charge >= 0.3 is 0 Å². The van der Waals surface area contributed by atoms with Gasteiger partial charge in [0.1, 0.15) is 5.82 Å². The molecule has 0 atom stereocenters. The number of alkyl halides is 1. The molecule has 0 aliphatic carbocycles. The number of unbranched alkanes of at least 4 members (excludes halogenated alkanes) is 3. The summed E-state index contributed by atoms with van der Waals surface area (Å²) in [5, 5.41) is 0. The molecule has 2 rings (SSSR count). The third kappa shape index (κ3) is 3.90. The first-order chi connectivity index (χ1) is 9.36. The smallest absolute Gasteiger partial charge is 0.124 e. The highest BCUT2D eigenvalue weighted by atomic mass is 35.5. The maximum Gasteiger partial charge on any atom is 0.124 e. The number of aryl methyl sites for hydroxylation is 1. The zero-order valence-electron chi connectivity index (χ0n) is 11.4. The van der Waals surface area contributed by atoms with E-state index in [-0.39, 0.29) is 0 Å². The fourth-order valence-corrected chi connectivity index (χ4v) is 3.04. The van der Waals surface area contributed by atoms with E-state index in [1.165, 1.54) is 37.0 Å². The van der Waals surface area contributed by atoms with Crippen LogP contribution in [0.3, 0.4) is 0 Å². The van der Waals surface area contributed by atoms with Gasteiger partial charge in [0.15, 0.2) is 0 Å². The van der Waals surface area contributed by atoms with Gasteiger partial charge in [0.2, 0.25) is 0 Å². The Kier molecular flexibility index (Phi) is 6.05. The number of hydrogen-bond donors (Lipinski definition) is 0. The average Bonchev–Trinajstić information content (AvgIpc) is 2.81.